The second kappa shape index (κ2) is 5.97. The van der Waals surface area contributed by atoms with Gasteiger partial charge in [0.25, 0.3) is 5.91 Å². The van der Waals surface area contributed by atoms with E-state index in [9.17, 15) is 9.18 Å². The van der Waals surface area contributed by atoms with Gasteiger partial charge in [0.15, 0.2) is 11.6 Å². The van der Waals surface area contributed by atoms with Crippen molar-refractivity contribution in [2.45, 2.75) is 32.4 Å². The van der Waals surface area contributed by atoms with Gasteiger partial charge in [0, 0.05) is 19.3 Å². The molecule has 5 nitrogen and oxygen atoms in total. The van der Waals surface area contributed by atoms with Gasteiger partial charge in [-0.15, -0.1) is 0 Å². The number of pyridine rings is 1. The minimum absolute atomic E-state index is 0.00468. The van der Waals surface area contributed by atoms with Crippen LogP contribution in [0.5, 0.6) is 0 Å². The van der Waals surface area contributed by atoms with Gasteiger partial charge in [-0.1, -0.05) is 0 Å². The zero-order valence-corrected chi connectivity index (χ0v) is 11.1. The summed E-state index contributed by atoms with van der Waals surface area (Å²) in [6, 6.07) is 1.31. The van der Waals surface area contributed by atoms with Gasteiger partial charge in [-0.05, 0) is 26.3 Å². The molecular weight excluding hydrogens is 249 g/mol. The minimum Gasteiger partial charge on any atom is -0.376 e. The van der Waals surface area contributed by atoms with Crippen molar-refractivity contribution in [2.75, 3.05) is 18.5 Å². The van der Waals surface area contributed by atoms with E-state index in [1.807, 2.05) is 13.8 Å². The number of amides is 1. The summed E-state index contributed by atoms with van der Waals surface area (Å²) in [6.45, 7) is 4.90. The zero-order chi connectivity index (χ0) is 13.8. The molecule has 104 valence electrons. The van der Waals surface area contributed by atoms with Gasteiger partial charge in [-0.3, -0.25) is 4.79 Å². The third-order valence-corrected chi connectivity index (χ3v) is 3.17. The van der Waals surface area contributed by atoms with Crippen molar-refractivity contribution in [1.82, 2.24) is 10.3 Å². The maximum Gasteiger partial charge on any atom is 0.254 e. The average molecular weight is 267 g/mol. The van der Waals surface area contributed by atoms with Crippen LogP contribution in [0.15, 0.2) is 12.3 Å². The molecule has 1 fully saturated rings. The van der Waals surface area contributed by atoms with Crippen molar-refractivity contribution in [3.63, 3.8) is 0 Å². The minimum atomic E-state index is -0.617. The van der Waals surface area contributed by atoms with E-state index in [4.69, 9.17) is 4.74 Å². The number of ether oxygens (including phenoxy) is 1. The first-order chi connectivity index (χ1) is 9.13. The van der Waals surface area contributed by atoms with Crippen molar-refractivity contribution in [1.29, 1.82) is 0 Å². The fourth-order valence-electron chi connectivity index (χ4n) is 2.08. The number of halogens is 1. The standard InChI is InChI=1S/C13H18FN3O2/c1-3-15-12-11(14)9(4-6-16-12)13(18)17-10-5-7-19-8(10)2/h4,6,8,10H,3,5,7H2,1-2H3,(H,15,16)(H,17,18). The Balaban J connectivity index is 2.12. The molecule has 2 unspecified atom stereocenters. The molecular formula is C13H18FN3O2. The third kappa shape index (κ3) is 3.01. The van der Waals surface area contributed by atoms with E-state index in [0.717, 1.165) is 6.42 Å². The Morgan fingerprint density at radius 1 is 1.63 bits per heavy atom. The Hall–Kier alpha value is -1.69. The smallest absolute Gasteiger partial charge is 0.254 e. The zero-order valence-electron chi connectivity index (χ0n) is 11.1. The lowest BCUT2D eigenvalue weighted by atomic mass is 10.1. The van der Waals surface area contributed by atoms with Gasteiger partial charge in [-0.25, -0.2) is 9.37 Å². The number of carbonyl (C=O) groups is 1. The molecule has 2 N–H and O–H groups in total. The van der Waals surface area contributed by atoms with E-state index in [1.165, 1.54) is 12.3 Å². The summed E-state index contributed by atoms with van der Waals surface area (Å²) < 4.78 is 19.4. The number of nitrogens with one attached hydrogen (secondary N) is 2. The Kier molecular flexibility index (Phi) is 4.31. The van der Waals surface area contributed by atoms with Gasteiger partial charge in [0.2, 0.25) is 0 Å². The molecule has 0 saturated carbocycles. The van der Waals surface area contributed by atoms with Crippen LogP contribution in [0.1, 0.15) is 30.6 Å². The summed E-state index contributed by atoms with van der Waals surface area (Å²) in [6.07, 6.45) is 2.13. The Bertz CT molecular complexity index is 467. The first-order valence-corrected chi connectivity index (χ1v) is 6.44. The molecule has 0 bridgehead atoms. The van der Waals surface area contributed by atoms with Crippen LogP contribution in [0.2, 0.25) is 0 Å². The highest BCUT2D eigenvalue weighted by Crippen LogP contribution is 2.17. The van der Waals surface area contributed by atoms with Gasteiger partial charge in [0.1, 0.15) is 0 Å². The number of rotatable bonds is 4. The molecule has 1 saturated heterocycles. The summed E-state index contributed by atoms with van der Waals surface area (Å²) in [7, 11) is 0. The summed E-state index contributed by atoms with van der Waals surface area (Å²) in [5.74, 6) is -0.944. The molecule has 0 aromatic carbocycles. The molecule has 2 atom stereocenters. The number of hydrogen-bond donors (Lipinski definition) is 2. The number of carbonyl (C=O) groups excluding carboxylic acids is 1. The predicted molar refractivity (Wildman–Crippen MR) is 69.6 cm³/mol. The van der Waals surface area contributed by atoms with E-state index in [1.54, 1.807) is 0 Å². The first-order valence-electron chi connectivity index (χ1n) is 6.44. The van der Waals surface area contributed by atoms with E-state index in [0.29, 0.717) is 13.2 Å². The second-order valence-corrected chi connectivity index (χ2v) is 4.50. The molecule has 0 spiro atoms. The molecule has 0 aliphatic carbocycles. The van der Waals surface area contributed by atoms with Crippen molar-refractivity contribution >= 4 is 11.7 Å². The van der Waals surface area contributed by atoms with Gasteiger partial charge in [0.05, 0.1) is 17.7 Å². The lowest BCUT2D eigenvalue weighted by Crippen LogP contribution is -2.39. The quantitative estimate of drug-likeness (QED) is 0.869. The molecule has 1 amide bonds. The van der Waals surface area contributed by atoms with Gasteiger partial charge in [-0.2, -0.15) is 0 Å². The molecule has 1 aliphatic rings. The van der Waals surface area contributed by atoms with Crippen molar-refractivity contribution in [2.24, 2.45) is 0 Å². The van der Waals surface area contributed by atoms with Crippen LogP contribution in [-0.2, 0) is 4.74 Å². The van der Waals surface area contributed by atoms with Gasteiger partial charge >= 0.3 is 0 Å². The maximum absolute atomic E-state index is 14.1. The molecule has 2 rings (SSSR count). The maximum atomic E-state index is 14.1. The first kappa shape index (κ1) is 13.7. The van der Waals surface area contributed by atoms with Gasteiger partial charge < -0.3 is 15.4 Å². The average Bonchev–Trinajstić information content (AvgIpc) is 2.78. The number of aromatic nitrogens is 1. The molecule has 6 heteroatoms. The van der Waals surface area contributed by atoms with Crippen LogP contribution in [0.25, 0.3) is 0 Å². The topological polar surface area (TPSA) is 63.2 Å². The number of hydrogen-bond acceptors (Lipinski definition) is 4. The lowest BCUT2D eigenvalue weighted by molar-refractivity contribution is 0.0862. The second-order valence-electron chi connectivity index (χ2n) is 4.50. The van der Waals surface area contributed by atoms with Crippen molar-refractivity contribution in [3.05, 3.63) is 23.6 Å². The van der Waals surface area contributed by atoms with Crippen LogP contribution in [0, 0.1) is 5.82 Å². The van der Waals surface area contributed by atoms with E-state index < -0.39 is 11.7 Å². The summed E-state index contributed by atoms with van der Waals surface area (Å²) in [5.41, 5.74) is 0.00468. The van der Waals surface area contributed by atoms with E-state index in [-0.39, 0.29) is 23.5 Å². The molecule has 1 aromatic heterocycles. The SMILES string of the molecule is CCNc1nccc(C(=O)NC2CCOC2C)c1F. The Morgan fingerprint density at radius 3 is 3.05 bits per heavy atom. The van der Waals surface area contributed by atoms with Crippen LogP contribution < -0.4 is 10.6 Å². The molecule has 1 aromatic rings. The van der Waals surface area contributed by atoms with Crippen LogP contribution >= 0.6 is 0 Å². The fourth-order valence-corrected chi connectivity index (χ4v) is 2.08. The Labute approximate surface area is 111 Å². The molecule has 1 aliphatic heterocycles. The van der Waals surface area contributed by atoms with E-state index in [2.05, 4.69) is 15.6 Å². The summed E-state index contributed by atoms with van der Waals surface area (Å²) in [4.78, 5) is 15.9. The van der Waals surface area contributed by atoms with Crippen LogP contribution in [-0.4, -0.2) is 36.2 Å². The fraction of sp³-hybridized carbons (Fsp3) is 0.538. The summed E-state index contributed by atoms with van der Waals surface area (Å²) >= 11 is 0. The van der Waals surface area contributed by atoms with Crippen molar-refractivity contribution < 1.29 is 13.9 Å². The molecule has 2 heterocycles. The van der Waals surface area contributed by atoms with Crippen molar-refractivity contribution in [3.8, 4) is 0 Å². The highest BCUT2D eigenvalue weighted by molar-refractivity contribution is 5.95. The molecule has 19 heavy (non-hydrogen) atoms. The lowest BCUT2D eigenvalue weighted by Gasteiger charge is -2.16. The highest BCUT2D eigenvalue weighted by atomic mass is 19.1. The summed E-state index contributed by atoms with van der Waals surface area (Å²) in [5, 5.41) is 5.58. The van der Waals surface area contributed by atoms with Crippen LogP contribution in [0.3, 0.4) is 0 Å². The molecule has 0 radical (unpaired) electrons. The number of nitrogens with zero attached hydrogens (tertiary/aromatic N) is 1. The monoisotopic (exact) mass is 267 g/mol. The highest BCUT2D eigenvalue weighted by Gasteiger charge is 2.27. The normalized spacial score (nSPS) is 22.3. The third-order valence-electron chi connectivity index (χ3n) is 3.17. The Morgan fingerprint density at radius 2 is 2.42 bits per heavy atom. The number of anilines is 1. The predicted octanol–water partition coefficient (Wildman–Crippen LogP) is 1.56. The van der Waals surface area contributed by atoms with Crippen LogP contribution in [0.4, 0.5) is 10.2 Å². The largest absolute Gasteiger partial charge is 0.376 e. The van der Waals surface area contributed by atoms with E-state index >= 15 is 0 Å².